The minimum absolute atomic E-state index is 0.236. The van der Waals surface area contributed by atoms with E-state index in [-0.39, 0.29) is 13.1 Å². The van der Waals surface area contributed by atoms with E-state index in [1.165, 1.54) is 0 Å². The number of nitrogens with one attached hydrogen (secondary N) is 2. The SMILES string of the molecule is [CH3][Sn]([CH3])([Cl])[Cl].[NH-]CC[NH-]. The summed E-state index contributed by atoms with van der Waals surface area (Å²) in [6, 6.07) is 0. The summed E-state index contributed by atoms with van der Waals surface area (Å²) >= 11 is -2.24. The third-order valence-electron chi connectivity index (χ3n) is 0.125. The molecule has 2 nitrogen and oxygen atoms in total. The van der Waals surface area contributed by atoms with Gasteiger partial charge in [-0.05, 0) is 0 Å². The van der Waals surface area contributed by atoms with Crippen molar-refractivity contribution in [1.29, 1.82) is 0 Å². The van der Waals surface area contributed by atoms with E-state index in [0.29, 0.717) is 0 Å². The summed E-state index contributed by atoms with van der Waals surface area (Å²) in [5.41, 5.74) is 12.5. The molecule has 0 spiro atoms. The maximum absolute atomic E-state index is 6.26. The van der Waals surface area contributed by atoms with Crippen LogP contribution in [0, 0.1) is 0 Å². The van der Waals surface area contributed by atoms with Gasteiger partial charge >= 0.3 is 43.8 Å². The van der Waals surface area contributed by atoms with Crippen molar-refractivity contribution in [3.63, 3.8) is 0 Å². The Hall–Kier alpha value is 1.30. The Morgan fingerprint density at radius 2 is 1.22 bits per heavy atom. The van der Waals surface area contributed by atoms with Gasteiger partial charge < -0.3 is 11.5 Å². The molecule has 0 aliphatic rings. The quantitative estimate of drug-likeness (QED) is 0.661. The molecule has 0 saturated heterocycles. The molecular formula is C4H12Cl2N2Sn-2. The van der Waals surface area contributed by atoms with E-state index >= 15 is 0 Å². The molecule has 0 rings (SSSR count). The summed E-state index contributed by atoms with van der Waals surface area (Å²) in [7, 11) is 11.0. The third kappa shape index (κ3) is 93.7. The number of halogens is 2. The fraction of sp³-hybridized carbons (Fsp3) is 1.00. The van der Waals surface area contributed by atoms with Crippen LogP contribution >= 0.6 is 17.8 Å². The molecule has 0 atom stereocenters. The van der Waals surface area contributed by atoms with Crippen LogP contribution in [-0.4, -0.2) is 29.2 Å². The minimum atomic E-state index is -2.24. The van der Waals surface area contributed by atoms with Crippen LogP contribution in [0.2, 0.25) is 9.88 Å². The second-order valence-electron chi connectivity index (χ2n) is 1.83. The smallest absolute Gasteiger partial charge is 0.171 e. The van der Waals surface area contributed by atoms with Gasteiger partial charge in [-0.3, -0.25) is 0 Å². The molecule has 0 amide bonds. The van der Waals surface area contributed by atoms with Crippen LogP contribution in [0.5, 0.6) is 0 Å². The number of hydrogen-bond acceptors (Lipinski definition) is 0. The number of hydrogen-bond donors (Lipinski definition) is 0. The first-order chi connectivity index (χ1) is 3.91. The molecule has 5 heteroatoms. The largest absolute Gasteiger partial charge is 0.679 e. The van der Waals surface area contributed by atoms with Gasteiger partial charge in [0.25, 0.3) is 0 Å². The molecule has 0 radical (unpaired) electrons. The Morgan fingerprint density at radius 1 is 1.11 bits per heavy atom. The van der Waals surface area contributed by atoms with Gasteiger partial charge in [-0.1, -0.05) is 0 Å². The van der Waals surface area contributed by atoms with Crippen LogP contribution in [0.4, 0.5) is 0 Å². The Balaban J connectivity index is 0. The molecule has 0 aliphatic carbocycles. The van der Waals surface area contributed by atoms with E-state index in [4.69, 9.17) is 29.3 Å². The molecule has 0 fully saturated rings. The molecule has 9 heavy (non-hydrogen) atoms. The van der Waals surface area contributed by atoms with Crippen LogP contribution in [0.15, 0.2) is 0 Å². The van der Waals surface area contributed by atoms with Crippen molar-refractivity contribution in [2.24, 2.45) is 0 Å². The normalized spacial score (nSPS) is 10.0. The summed E-state index contributed by atoms with van der Waals surface area (Å²) < 4.78 is 0. The molecule has 0 aromatic rings. The molecular weight excluding hydrogens is 266 g/mol. The van der Waals surface area contributed by atoms with Crippen molar-refractivity contribution >= 4 is 34.0 Å². The molecule has 0 bridgehead atoms. The standard InChI is InChI=1S/C2H6N2.2CH3.2ClH.Sn/c3-1-2-4;;;;;/h3-4H,1-2H2;2*1H3;2*1H;/q-2;;;;;+2/p-2. The molecule has 0 aromatic carbocycles. The Bertz CT molecular complexity index is 47.0. The number of rotatable bonds is 1. The van der Waals surface area contributed by atoms with Crippen molar-refractivity contribution in [3.8, 4) is 0 Å². The molecule has 58 valence electrons. The van der Waals surface area contributed by atoms with E-state index in [2.05, 4.69) is 0 Å². The molecule has 0 unspecified atom stereocenters. The zero-order chi connectivity index (χ0) is 7.91. The summed E-state index contributed by atoms with van der Waals surface area (Å²) in [6.07, 6.45) is 0. The summed E-state index contributed by atoms with van der Waals surface area (Å²) in [4.78, 5) is 3.86. The van der Waals surface area contributed by atoms with Gasteiger partial charge in [0.1, 0.15) is 0 Å². The third-order valence-corrected chi connectivity index (χ3v) is 0.125. The van der Waals surface area contributed by atoms with Crippen LogP contribution in [0.25, 0.3) is 11.5 Å². The van der Waals surface area contributed by atoms with E-state index in [9.17, 15) is 0 Å². The van der Waals surface area contributed by atoms with Gasteiger partial charge in [-0.15, -0.1) is 0 Å². The van der Waals surface area contributed by atoms with Gasteiger partial charge in [0, 0.05) is 0 Å². The summed E-state index contributed by atoms with van der Waals surface area (Å²) in [5.74, 6) is 0. The van der Waals surface area contributed by atoms with Crippen molar-refractivity contribution in [1.82, 2.24) is 0 Å². The van der Waals surface area contributed by atoms with Crippen LogP contribution < -0.4 is 0 Å². The average Bonchev–Trinajstić information content (AvgIpc) is 1.61. The first-order valence-corrected chi connectivity index (χ1v) is 15.5. The molecule has 0 aliphatic heterocycles. The molecule has 0 heterocycles. The van der Waals surface area contributed by atoms with Crippen LogP contribution in [0.1, 0.15) is 0 Å². The monoisotopic (exact) mass is 278 g/mol. The second kappa shape index (κ2) is 7.41. The zero-order valence-corrected chi connectivity index (χ0v) is 10.0. The minimum Gasteiger partial charge on any atom is -0.679 e. The molecule has 2 N–H and O–H groups in total. The maximum Gasteiger partial charge on any atom is -0.171 e. The summed E-state index contributed by atoms with van der Waals surface area (Å²) in [5, 5.41) is 0. The van der Waals surface area contributed by atoms with Crippen molar-refractivity contribution in [3.05, 3.63) is 11.5 Å². The van der Waals surface area contributed by atoms with Crippen LogP contribution in [-0.2, 0) is 0 Å². The van der Waals surface area contributed by atoms with Gasteiger partial charge in [0.05, 0.1) is 0 Å². The molecule has 0 aromatic heterocycles. The fourth-order valence-corrected chi connectivity index (χ4v) is 0. The maximum atomic E-state index is 6.26. The Morgan fingerprint density at radius 3 is 1.22 bits per heavy atom. The zero-order valence-electron chi connectivity index (χ0n) is 5.67. The Labute approximate surface area is 68.2 Å². The second-order valence-corrected chi connectivity index (χ2v) is 23.4. The summed E-state index contributed by atoms with van der Waals surface area (Å²) in [6.45, 7) is 0.472. The van der Waals surface area contributed by atoms with Crippen molar-refractivity contribution in [2.45, 2.75) is 9.88 Å². The first-order valence-electron chi connectivity index (χ1n) is 2.59. The van der Waals surface area contributed by atoms with E-state index in [1.807, 2.05) is 9.88 Å². The van der Waals surface area contributed by atoms with E-state index < -0.39 is 16.1 Å². The Kier molecular flexibility index (Phi) is 10.6. The van der Waals surface area contributed by atoms with E-state index in [0.717, 1.165) is 0 Å². The van der Waals surface area contributed by atoms with Crippen molar-refractivity contribution in [2.75, 3.05) is 13.1 Å². The van der Waals surface area contributed by atoms with Gasteiger partial charge in [0.2, 0.25) is 0 Å². The molecule has 0 saturated carbocycles. The van der Waals surface area contributed by atoms with Crippen molar-refractivity contribution < 1.29 is 0 Å². The first kappa shape index (κ1) is 12.9. The van der Waals surface area contributed by atoms with Crippen LogP contribution in [0.3, 0.4) is 0 Å². The predicted octanol–water partition coefficient (Wildman–Crippen LogP) is 3.26. The fourth-order valence-electron chi connectivity index (χ4n) is 0. The average molecular weight is 278 g/mol. The van der Waals surface area contributed by atoms with Gasteiger partial charge in [-0.25, -0.2) is 0 Å². The van der Waals surface area contributed by atoms with E-state index in [1.54, 1.807) is 0 Å². The van der Waals surface area contributed by atoms with Gasteiger partial charge in [-0.2, -0.15) is 13.1 Å². The topological polar surface area (TPSA) is 47.6 Å². The predicted molar refractivity (Wildman–Crippen MR) is 47.6 cm³/mol. The van der Waals surface area contributed by atoms with Gasteiger partial charge in [0.15, 0.2) is 0 Å².